The van der Waals surface area contributed by atoms with Crippen molar-refractivity contribution in [2.45, 2.75) is 341 Å². The average Bonchev–Trinajstić information content (AvgIpc) is 0.937. The Kier molecular flexibility index (Phi) is 72.9. The molecule has 0 aromatic rings. The van der Waals surface area contributed by atoms with Crippen LogP contribution in [0.5, 0.6) is 0 Å². The van der Waals surface area contributed by atoms with Crippen molar-refractivity contribution >= 4 is 39.5 Å². The third-order valence-electron chi connectivity index (χ3n) is 16.6. The first-order valence-corrected chi connectivity index (χ1v) is 43.4. The number of hydrogen-bond acceptors (Lipinski definition) is 15. The van der Waals surface area contributed by atoms with E-state index >= 15 is 0 Å². The molecule has 0 saturated carbocycles. The van der Waals surface area contributed by atoms with Crippen molar-refractivity contribution in [3.05, 3.63) is 134 Å². The summed E-state index contributed by atoms with van der Waals surface area (Å²) in [6.45, 7) is 4.49. The Labute approximate surface area is 631 Å². The lowest BCUT2D eigenvalue weighted by Crippen LogP contribution is -2.30. The quantitative estimate of drug-likeness (QED) is 0.0169. The Morgan fingerprint density at radius 1 is 0.279 bits per heavy atom. The lowest BCUT2D eigenvalue weighted by molar-refractivity contribution is -0.161. The minimum absolute atomic E-state index is 0.0699. The molecule has 596 valence electrons. The topological polar surface area (TPSA) is 237 Å². The van der Waals surface area contributed by atoms with Crippen molar-refractivity contribution in [3.8, 4) is 0 Å². The van der Waals surface area contributed by atoms with Crippen molar-refractivity contribution < 1.29 is 80.2 Å². The fraction of sp³-hybridized carbons (Fsp3) is 0.694. The second-order valence-electron chi connectivity index (χ2n) is 26.6. The maximum atomic E-state index is 13.1. The number of phosphoric ester groups is 2. The van der Waals surface area contributed by atoms with Crippen molar-refractivity contribution in [2.24, 2.45) is 0 Å². The number of allylic oxidation sites excluding steroid dienone is 22. The number of hydrogen-bond donors (Lipinski definition) is 3. The zero-order chi connectivity index (χ0) is 76.0. The molecule has 0 aliphatic carbocycles. The highest BCUT2D eigenvalue weighted by molar-refractivity contribution is 7.47. The summed E-state index contributed by atoms with van der Waals surface area (Å²) in [6, 6.07) is 0. The number of phosphoric acid groups is 2. The number of aliphatic hydroxyl groups is 1. The Bertz CT molecular complexity index is 2490. The number of carbonyl (C=O) groups excluding carboxylic acids is 4. The maximum Gasteiger partial charge on any atom is 0.472 e. The van der Waals surface area contributed by atoms with Gasteiger partial charge in [-0.2, -0.15) is 0 Å². The van der Waals surface area contributed by atoms with Crippen LogP contribution in [0.3, 0.4) is 0 Å². The average molecular weight is 1500 g/mol. The summed E-state index contributed by atoms with van der Waals surface area (Å²) in [6.07, 6.45) is 85.6. The van der Waals surface area contributed by atoms with Gasteiger partial charge in [0.15, 0.2) is 12.2 Å². The zero-order valence-corrected chi connectivity index (χ0v) is 66.9. The second kappa shape index (κ2) is 76.4. The highest BCUT2D eigenvalue weighted by Crippen LogP contribution is 2.45. The lowest BCUT2D eigenvalue weighted by Gasteiger charge is -2.21. The van der Waals surface area contributed by atoms with Crippen molar-refractivity contribution in [2.75, 3.05) is 39.6 Å². The Balaban J connectivity index is 5.41. The first kappa shape index (κ1) is 99.2. The van der Waals surface area contributed by atoms with Crippen LogP contribution >= 0.6 is 15.6 Å². The van der Waals surface area contributed by atoms with E-state index in [9.17, 15) is 43.2 Å². The molecule has 0 aliphatic heterocycles. The molecule has 0 fully saturated rings. The van der Waals surface area contributed by atoms with Crippen molar-refractivity contribution in [1.29, 1.82) is 0 Å². The summed E-state index contributed by atoms with van der Waals surface area (Å²) < 4.78 is 68.6. The molecule has 0 radical (unpaired) electrons. The number of ether oxygens (including phenoxy) is 4. The van der Waals surface area contributed by atoms with E-state index in [1.54, 1.807) is 0 Å². The number of esters is 4. The Morgan fingerprint density at radius 2 is 0.500 bits per heavy atom. The SMILES string of the molecule is CC/C=C\C/C=C\C/C=C\C/C=C\CCCCCCC(=O)OCC(COP(=O)(O)OCC(O)COP(=O)(O)OCC(COC(=O)CCCCCCCCC/C=C\C/C=C\C/C=C\CC)OC(=O)CCCCCCC/C=C\C/C=C\C/C=C\CC)OC(=O)CCCCCCC/C=C\CCCCCCCC. The van der Waals surface area contributed by atoms with Gasteiger partial charge in [-0.15, -0.1) is 0 Å². The van der Waals surface area contributed by atoms with Gasteiger partial charge in [0.2, 0.25) is 0 Å². The van der Waals surface area contributed by atoms with Crippen molar-refractivity contribution in [3.63, 3.8) is 0 Å². The molecule has 104 heavy (non-hydrogen) atoms. The summed E-state index contributed by atoms with van der Waals surface area (Å²) in [7, 11) is -9.98. The summed E-state index contributed by atoms with van der Waals surface area (Å²) >= 11 is 0. The first-order chi connectivity index (χ1) is 50.7. The summed E-state index contributed by atoms with van der Waals surface area (Å²) in [5.41, 5.74) is 0. The smallest absolute Gasteiger partial charge is 0.462 e. The third kappa shape index (κ3) is 75.4. The van der Waals surface area contributed by atoms with Crippen LogP contribution in [0.2, 0.25) is 0 Å². The molecular weight excluding hydrogens is 1350 g/mol. The normalized spacial score (nSPS) is 14.6. The van der Waals surface area contributed by atoms with Gasteiger partial charge < -0.3 is 33.8 Å². The summed E-state index contributed by atoms with van der Waals surface area (Å²) in [5.74, 6) is -2.24. The Hall–Kier alpha value is -4.80. The van der Waals surface area contributed by atoms with Gasteiger partial charge in [-0.1, -0.05) is 277 Å². The largest absolute Gasteiger partial charge is 0.472 e. The molecule has 5 unspecified atom stereocenters. The number of unbranched alkanes of at least 4 members (excludes halogenated alkanes) is 27. The zero-order valence-electron chi connectivity index (χ0n) is 65.2. The minimum Gasteiger partial charge on any atom is -0.462 e. The van der Waals surface area contributed by atoms with Gasteiger partial charge in [-0.25, -0.2) is 9.13 Å². The van der Waals surface area contributed by atoms with Gasteiger partial charge in [0, 0.05) is 25.7 Å². The van der Waals surface area contributed by atoms with Crippen LogP contribution in [0.15, 0.2) is 134 Å². The molecule has 0 heterocycles. The molecule has 0 aromatic heterocycles. The van der Waals surface area contributed by atoms with Crippen LogP contribution in [0.25, 0.3) is 0 Å². The predicted octanol–water partition coefficient (Wildman–Crippen LogP) is 23.7. The molecule has 3 N–H and O–H groups in total. The van der Waals surface area contributed by atoms with Crippen LogP contribution in [-0.2, 0) is 65.4 Å². The minimum atomic E-state index is -4.99. The van der Waals surface area contributed by atoms with E-state index in [4.69, 9.17) is 37.0 Å². The highest BCUT2D eigenvalue weighted by atomic mass is 31.2. The van der Waals surface area contributed by atoms with E-state index in [0.717, 1.165) is 205 Å². The van der Waals surface area contributed by atoms with Crippen LogP contribution in [0, 0.1) is 0 Å². The van der Waals surface area contributed by atoms with Crippen molar-refractivity contribution in [1.82, 2.24) is 0 Å². The van der Waals surface area contributed by atoms with E-state index in [0.29, 0.717) is 25.7 Å². The molecule has 0 saturated heterocycles. The van der Waals surface area contributed by atoms with Crippen LogP contribution in [0.4, 0.5) is 0 Å². The molecule has 0 rings (SSSR count). The van der Waals surface area contributed by atoms with Crippen LogP contribution < -0.4 is 0 Å². The fourth-order valence-corrected chi connectivity index (χ4v) is 12.1. The molecule has 0 spiro atoms. The summed E-state index contributed by atoms with van der Waals surface area (Å²) in [5, 5.41) is 10.6. The van der Waals surface area contributed by atoms with E-state index < -0.39 is 97.5 Å². The number of rotatable bonds is 75. The van der Waals surface area contributed by atoms with Gasteiger partial charge in [-0.05, 0) is 154 Å². The van der Waals surface area contributed by atoms with Gasteiger partial charge in [0.25, 0.3) is 0 Å². The molecule has 17 nitrogen and oxygen atoms in total. The molecule has 0 amide bonds. The predicted molar refractivity (Wildman–Crippen MR) is 427 cm³/mol. The maximum absolute atomic E-state index is 13.1. The molecule has 0 aromatic carbocycles. The molecule has 19 heteroatoms. The van der Waals surface area contributed by atoms with Crippen LogP contribution in [0.1, 0.15) is 323 Å². The van der Waals surface area contributed by atoms with Crippen LogP contribution in [-0.4, -0.2) is 96.7 Å². The van der Waals surface area contributed by atoms with E-state index in [-0.39, 0.29) is 25.7 Å². The van der Waals surface area contributed by atoms with Gasteiger partial charge in [0.1, 0.15) is 19.3 Å². The Morgan fingerprint density at radius 3 is 0.779 bits per heavy atom. The number of aliphatic hydroxyl groups excluding tert-OH is 1. The monoisotopic (exact) mass is 1500 g/mol. The molecular formula is C85H144O17P2. The first-order valence-electron chi connectivity index (χ1n) is 40.4. The molecule has 0 aliphatic rings. The standard InChI is InChI=1S/C85H144O17P2/c1-5-9-13-17-21-25-29-33-37-39-43-45-49-53-57-61-65-69-82(87)95-75-80(101-84(89)71-67-63-59-55-51-47-41-35-31-27-23-19-15-11-7-3)77-99-103(91,92)97-73-79(86)74-98-104(93,94)100-78-81(102-85(90)72-68-64-60-56-52-48-42-36-32-28-24-20-16-12-8-4)76-96-83(88)70-66-62-58-54-50-46-44-40-38-34-30-26-22-18-14-10-6-2/h9-11,13-15,21-23,25-27,33-38,41-42,44,46,79-81,86H,5-8,12,16-20,24,28-32,39-40,43,45,47-78H2,1-4H3,(H,91,92)(H,93,94)/b13-9-,14-10-,15-11-,25-21-,26-22-,27-23-,37-33-,38-34-,41-35-,42-36-,46-44-. The van der Waals surface area contributed by atoms with Gasteiger partial charge in [0.05, 0.1) is 26.4 Å². The van der Waals surface area contributed by atoms with E-state index in [1.807, 2.05) is 0 Å². The van der Waals surface area contributed by atoms with E-state index in [1.165, 1.54) is 38.5 Å². The molecule has 0 bridgehead atoms. The van der Waals surface area contributed by atoms with Gasteiger partial charge >= 0.3 is 39.5 Å². The van der Waals surface area contributed by atoms with E-state index in [2.05, 4.69) is 161 Å². The third-order valence-corrected chi connectivity index (χ3v) is 18.5. The summed E-state index contributed by atoms with van der Waals surface area (Å²) in [4.78, 5) is 73.1. The fourth-order valence-electron chi connectivity index (χ4n) is 10.5. The second-order valence-corrected chi connectivity index (χ2v) is 29.5. The lowest BCUT2D eigenvalue weighted by atomic mass is 10.1. The number of carbonyl (C=O) groups is 4. The van der Waals surface area contributed by atoms with Gasteiger partial charge in [-0.3, -0.25) is 37.3 Å². The molecule has 5 atom stereocenters. The highest BCUT2D eigenvalue weighted by Gasteiger charge is 2.30.